The first kappa shape index (κ1) is 21.6. The molecular formula is C24H21N7O2S. The van der Waals surface area contributed by atoms with Crippen LogP contribution in [-0.4, -0.2) is 28.4 Å². The molecule has 5 rings (SSSR count). The molecule has 34 heavy (non-hydrogen) atoms. The SMILES string of the molecule is Cc1cnc(Nc2cccc(S(N)(=O)=O)c2)nc1Nc1ccc(-c2nc3ccccc3[nH]2)cc1. The van der Waals surface area contributed by atoms with Crippen molar-refractivity contribution in [3.05, 3.63) is 84.6 Å². The standard InChI is InChI=1S/C24H21N7O2S/c1-15-14-26-24(28-18-5-4-6-19(13-18)34(25,32)33)31-22(15)27-17-11-9-16(10-12-17)23-29-20-7-2-3-8-21(20)30-23/h2-14H,1H3,(H,29,30)(H2,25,32,33)(H2,26,27,28,31). The summed E-state index contributed by atoms with van der Waals surface area (Å²) < 4.78 is 23.2. The van der Waals surface area contributed by atoms with Gasteiger partial charge in [-0.1, -0.05) is 18.2 Å². The van der Waals surface area contributed by atoms with Gasteiger partial charge in [0.2, 0.25) is 16.0 Å². The fourth-order valence-corrected chi connectivity index (χ4v) is 4.01. The Hall–Kier alpha value is -4.28. The van der Waals surface area contributed by atoms with Crippen molar-refractivity contribution in [2.75, 3.05) is 10.6 Å². The van der Waals surface area contributed by atoms with Crippen LogP contribution in [0.25, 0.3) is 22.4 Å². The van der Waals surface area contributed by atoms with Crippen molar-refractivity contribution < 1.29 is 8.42 Å². The smallest absolute Gasteiger partial charge is 0.238 e. The third-order valence-electron chi connectivity index (χ3n) is 5.20. The van der Waals surface area contributed by atoms with Gasteiger partial charge in [0.05, 0.1) is 15.9 Å². The molecule has 3 aromatic carbocycles. The molecule has 0 atom stereocenters. The zero-order valence-electron chi connectivity index (χ0n) is 18.1. The number of nitrogens with two attached hydrogens (primary N) is 1. The van der Waals surface area contributed by atoms with Crippen LogP contribution in [0.4, 0.5) is 23.1 Å². The number of aromatic nitrogens is 4. The van der Waals surface area contributed by atoms with Gasteiger partial charge in [-0.3, -0.25) is 0 Å². The van der Waals surface area contributed by atoms with Gasteiger partial charge in [0, 0.05) is 28.7 Å². The van der Waals surface area contributed by atoms with Crippen LogP contribution in [0, 0.1) is 6.92 Å². The molecule has 0 aliphatic carbocycles. The second-order valence-corrected chi connectivity index (χ2v) is 9.29. The second-order valence-electron chi connectivity index (χ2n) is 7.73. The third kappa shape index (κ3) is 4.58. The van der Waals surface area contributed by atoms with Crippen LogP contribution in [0.5, 0.6) is 0 Å². The van der Waals surface area contributed by atoms with Gasteiger partial charge in [-0.15, -0.1) is 0 Å². The first-order valence-electron chi connectivity index (χ1n) is 10.4. The lowest BCUT2D eigenvalue weighted by Crippen LogP contribution is -2.12. The number of fused-ring (bicyclic) bond motifs is 1. The van der Waals surface area contributed by atoms with Gasteiger partial charge in [0.15, 0.2) is 0 Å². The van der Waals surface area contributed by atoms with Crippen LogP contribution in [0.15, 0.2) is 83.9 Å². The van der Waals surface area contributed by atoms with Gasteiger partial charge in [-0.05, 0) is 61.5 Å². The lowest BCUT2D eigenvalue weighted by molar-refractivity contribution is 0.598. The molecule has 0 saturated carbocycles. The molecule has 5 aromatic rings. The molecule has 2 heterocycles. The fourth-order valence-electron chi connectivity index (χ4n) is 3.45. The van der Waals surface area contributed by atoms with Crippen LogP contribution in [0.2, 0.25) is 0 Å². The maximum atomic E-state index is 11.6. The molecule has 2 aromatic heterocycles. The lowest BCUT2D eigenvalue weighted by atomic mass is 10.2. The number of imidazole rings is 1. The van der Waals surface area contributed by atoms with Crippen molar-refractivity contribution in [3.63, 3.8) is 0 Å². The number of para-hydroxylation sites is 2. The van der Waals surface area contributed by atoms with E-state index in [-0.39, 0.29) is 4.90 Å². The van der Waals surface area contributed by atoms with Gasteiger partial charge in [0.25, 0.3) is 0 Å². The van der Waals surface area contributed by atoms with Gasteiger partial charge >= 0.3 is 0 Å². The topological polar surface area (TPSA) is 139 Å². The van der Waals surface area contributed by atoms with Gasteiger partial charge in [0.1, 0.15) is 11.6 Å². The number of nitrogens with zero attached hydrogens (tertiary/aromatic N) is 3. The zero-order chi connectivity index (χ0) is 23.7. The molecule has 5 N–H and O–H groups in total. The number of hydrogen-bond donors (Lipinski definition) is 4. The van der Waals surface area contributed by atoms with Crippen molar-refractivity contribution >= 4 is 44.2 Å². The minimum Gasteiger partial charge on any atom is -0.340 e. The number of aromatic amines is 1. The number of anilines is 4. The highest BCUT2D eigenvalue weighted by Crippen LogP contribution is 2.25. The van der Waals surface area contributed by atoms with Crippen LogP contribution in [0.1, 0.15) is 5.56 Å². The van der Waals surface area contributed by atoms with E-state index in [2.05, 4.69) is 30.6 Å². The van der Waals surface area contributed by atoms with E-state index in [1.807, 2.05) is 55.5 Å². The molecule has 0 unspecified atom stereocenters. The average molecular weight is 472 g/mol. The molecule has 10 heteroatoms. The molecular weight excluding hydrogens is 450 g/mol. The number of primary sulfonamides is 1. The summed E-state index contributed by atoms with van der Waals surface area (Å²) in [6.07, 6.45) is 1.68. The van der Waals surface area contributed by atoms with Crippen LogP contribution in [0.3, 0.4) is 0 Å². The maximum Gasteiger partial charge on any atom is 0.238 e. The number of sulfonamides is 1. The van der Waals surface area contributed by atoms with E-state index in [1.54, 1.807) is 18.3 Å². The molecule has 170 valence electrons. The molecule has 0 bridgehead atoms. The Bertz CT molecular complexity index is 1560. The number of benzene rings is 3. The summed E-state index contributed by atoms with van der Waals surface area (Å²) in [7, 11) is -3.80. The summed E-state index contributed by atoms with van der Waals surface area (Å²) in [6.45, 7) is 1.90. The molecule has 0 aliphatic heterocycles. The predicted molar refractivity (Wildman–Crippen MR) is 133 cm³/mol. The number of nitrogens with one attached hydrogen (secondary N) is 3. The molecule has 0 saturated heterocycles. The summed E-state index contributed by atoms with van der Waals surface area (Å²) in [5.74, 6) is 1.74. The van der Waals surface area contributed by atoms with E-state index < -0.39 is 10.0 Å². The second kappa shape index (κ2) is 8.58. The highest BCUT2D eigenvalue weighted by Gasteiger charge is 2.10. The molecule has 9 nitrogen and oxygen atoms in total. The van der Waals surface area contributed by atoms with E-state index >= 15 is 0 Å². The monoisotopic (exact) mass is 471 g/mol. The first-order chi connectivity index (χ1) is 16.3. The first-order valence-corrected chi connectivity index (χ1v) is 12.0. The average Bonchev–Trinajstić information content (AvgIpc) is 3.26. The van der Waals surface area contributed by atoms with E-state index in [0.29, 0.717) is 17.5 Å². The van der Waals surface area contributed by atoms with E-state index in [4.69, 9.17) is 5.14 Å². The Morgan fingerprint density at radius 1 is 0.882 bits per heavy atom. The van der Waals surface area contributed by atoms with Crippen LogP contribution < -0.4 is 15.8 Å². The minimum atomic E-state index is -3.80. The molecule has 0 radical (unpaired) electrons. The normalized spacial score (nSPS) is 11.5. The van der Waals surface area contributed by atoms with E-state index in [9.17, 15) is 8.42 Å². The van der Waals surface area contributed by atoms with Crippen molar-refractivity contribution in [3.8, 4) is 11.4 Å². The Kier molecular flexibility index (Phi) is 5.44. The number of rotatable bonds is 6. The highest BCUT2D eigenvalue weighted by molar-refractivity contribution is 7.89. The van der Waals surface area contributed by atoms with Crippen molar-refractivity contribution in [2.24, 2.45) is 5.14 Å². The Morgan fingerprint density at radius 2 is 1.68 bits per heavy atom. The van der Waals surface area contributed by atoms with Crippen LogP contribution >= 0.6 is 0 Å². The Labute approximate surface area is 196 Å². The Morgan fingerprint density at radius 3 is 2.44 bits per heavy atom. The lowest BCUT2D eigenvalue weighted by Gasteiger charge is -2.12. The summed E-state index contributed by atoms with van der Waals surface area (Å²) in [5.41, 5.74) is 5.10. The quantitative estimate of drug-likeness (QED) is 0.287. The molecule has 0 fully saturated rings. The summed E-state index contributed by atoms with van der Waals surface area (Å²) in [5, 5.41) is 11.5. The van der Waals surface area contributed by atoms with Crippen molar-refractivity contribution in [1.82, 2.24) is 19.9 Å². The van der Waals surface area contributed by atoms with Gasteiger partial charge in [-0.25, -0.2) is 23.5 Å². The fraction of sp³-hybridized carbons (Fsp3) is 0.0417. The summed E-state index contributed by atoms with van der Waals surface area (Å²) in [4.78, 5) is 16.8. The van der Waals surface area contributed by atoms with Crippen LogP contribution in [-0.2, 0) is 10.0 Å². The minimum absolute atomic E-state index is 0.00695. The number of aryl methyl sites for hydroxylation is 1. The molecule has 0 spiro atoms. The molecule has 0 amide bonds. The van der Waals surface area contributed by atoms with Crippen molar-refractivity contribution in [1.29, 1.82) is 0 Å². The maximum absolute atomic E-state index is 11.6. The zero-order valence-corrected chi connectivity index (χ0v) is 19.0. The van der Waals surface area contributed by atoms with E-state index in [0.717, 1.165) is 33.7 Å². The Balaban J connectivity index is 1.35. The molecule has 0 aliphatic rings. The van der Waals surface area contributed by atoms with Gasteiger partial charge in [-0.2, -0.15) is 4.98 Å². The third-order valence-corrected chi connectivity index (χ3v) is 6.11. The van der Waals surface area contributed by atoms with Gasteiger partial charge < -0.3 is 15.6 Å². The van der Waals surface area contributed by atoms with Crippen molar-refractivity contribution in [2.45, 2.75) is 11.8 Å². The predicted octanol–water partition coefficient (Wildman–Crippen LogP) is 4.46. The summed E-state index contributed by atoms with van der Waals surface area (Å²) in [6, 6.07) is 21.9. The number of hydrogen-bond acceptors (Lipinski definition) is 7. The highest BCUT2D eigenvalue weighted by atomic mass is 32.2. The summed E-state index contributed by atoms with van der Waals surface area (Å²) >= 11 is 0. The largest absolute Gasteiger partial charge is 0.340 e. The van der Waals surface area contributed by atoms with E-state index in [1.165, 1.54) is 12.1 Å². The number of H-pyrrole nitrogens is 1.